The molecule has 0 radical (unpaired) electrons. The van der Waals surface area contributed by atoms with E-state index in [-0.39, 0.29) is 29.1 Å². The van der Waals surface area contributed by atoms with Crippen molar-refractivity contribution >= 4 is 39.1 Å². The van der Waals surface area contributed by atoms with Gasteiger partial charge in [-0.2, -0.15) is 0 Å². The Kier molecular flexibility index (Phi) is 11.1. The van der Waals surface area contributed by atoms with Crippen LogP contribution in [-0.2, 0) is 26.2 Å². The number of anilines is 1. The van der Waals surface area contributed by atoms with Crippen LogP contribution in [0.4, 0.5) is 5.69 Å². The van der Waals surface area contributed by atoms with Gasteiger partial charge in [-0.1, -0.05) is 78.9 Å². The number of carbonyl (C=O) groups is 2. The standard InChI is InChI=1S/C33H40ClN3O5S/c1-4-42-31-17-11-10-16-30(31)37(43(40,41)28-20-18-24(2)19-21-28)23-32(38)36(22-26-12-8-9-15-29(26)34)25(3)33(39)35-27-13-6-5-7-14-27/h8-12,15-21,25,27H,4-7,13-14,22-23H2,1-3H3,(H,35,39). The van der Waals surface area contributed by atoms with Crippen molar-refractivity contribution in [2.75, 3.05) is 17.5 Å². The second-order valence-corrected chi connectivity index (χ2v) is 13.1. The van der Waals surface area contributed by atoms with Gasteiger partial charge in [0.05, 0.1) is 17.2 Å². The van der Waals surface area contributed by atoms with E-state index in [1.807, 2.05) is 13.0 Å². The number of hydrogen-bond donors (Lipinski definition) is 1. The van der Waals surface area contributed by atoms with E-state index < -0.39 is 28.5 Å². The van der Waals surface area contributed by atoms with Gasteiger partial charge in [-0.05, 0) is 69.5 Å². The summed E-state index contributed by atoms with van der Waals surface area (Å²) in [6.45, 7) is 5.13. The normalized spacial score (nSPS) is 14.5. The van der Waals surface area contributed by atoms with E-state index in [9.17, 15) is 18.0 Å². The second-order valence-electron chi connectivity index (χ2n) is 10.9. The number of ether oxygens (including phenoxy) is 1. The van der Waals surface area contributed by atoms with Crippen LogP contribution in [0.5, 0.6) is 5.75 Å². The molecule has 0 bridgehead atoms. The summed E-state index contributed by atoms with van der Waals surface area (Å²) in [6, 6.07) is 19.5. The van der Waals surface area contributed by atoms with Crippen LogP contribution in [0.2, 0.25) is 5.02 Å². The third kappa shape index (κ3) is 8.09. The summed E-state index contributed by atoms with van der Waals surface area (Å²) in [5.74, 6) is -0.502. The van der Waals surface area contributed by atoms with Crippen LogP contribution >= 0.6 is 11.6 Å². The minimum atomic E-state index is -4.21. The Labute approximate surface area is 260 Å². The van der Waals surface area contributed by atoms with Crippen LogP contribution in [0.3, 0.4) is 0 Å². The molecule has 1 N–H and O–H groups in total. The van der Waals surface area contributed by atoms with Crippen molar-refractivity contribution in [3.63, 3.8) is 0 Å². The van der Waals surface area contributed by atoms with Gasteiger partial charge in [-0.3, -0.25) is 13.9 Å². The van der Waals surface area contributed by atoms with Crippen molar-refractivity contribution in [1.29, 1.82) is 0 Å². The molecule has 10 heteroatoms. The number of hydrogen-bond acceptors (Lipinski definition) is 5. The largest absolute Gasteiger partial charge is 0.492 e. The molecule has 4 rings (SSSR count). The van der Waals surface area contributed by atoms with Gasteiger partial charge in [0.2, 0.25) is 11.8 Å². The molecule has 3 aromatic carbocycles. The van der Waals surface area contributed by atoms with E-state index >= 15 is 0 Å². The van der Waals surface area contributed by atoms with Gasteiger partial charge in [-0.15, -0.1) is 0 Å². The zero-order chi connectivity index (χ0) is 31.0. The number of nitrogens with zero attached hydrogens (tertiary/aromatic N) is 2. The lowest BCUT2D eigenvalue weighted by atomic mass is 9.95. The monoisotopic (exact) mass is 625 g/mol. The topological polar surface area (TPSA) is 96.0 Å². The van der Waals surface area contributed by atoms with Crippen LogP contribution in [0.1, 0.15) is 57.1 Å². The van der Waals surface area contributed by atoms with Crippen molar-refractivity contribution in [1.82, 2.24) is 10.2 Å². The molecule has 230 valence electrons. The Bertz CT molecular complexity index is 1510. The number of sulfonamides is 1. The van der Waals surface area contributed by atoms with Gasteiger partial charge in [0.1, 0.15) is 18.3 Å². The highest BCUT2D eigenvalue weighted by molar-refractivity contribution is 7.92. The van der Waals surface area contributed by atoms with Gasteiger partial charge in [0.25, 0.3) is 10.0 Å². The third-order valence-electron chi connectivity index (χ3n) is 7.74. The lowest BCUT2D eigenvalue weighted by molar-refractivity contribution is -0.139. The minimum Gasteiger partial charge on any atom is -0.492 e. The first-order valence-corrected chi connectivity index (χ1v) is 16.6. The maximum Gasteiger partial charge on any atom is 0.264 e. The number of amides is 2. The number of nitrogens with one attached hydrogen (secondary N) is 1. The molecule has 1 fully saturated rings. The summed E-state index contributed by atoms with van der Waals surface area (Å²) < 4.78 is 35.1. The summed E-state index contributed by atoms with van der Waals surface area (Å²) in [7, 11) is -4.21. The van der Waals surface area contributed by atoms with Gasteiger partial charge in [0, 0.05) is 17.6 Å². The number of aryl methyl sites for hydroxylation is 1. The van der Waals surface area contributed by atoms with E-state index in [0.717, 1.165) is 42.0 Å². The molecule has 43 heavy (non-hydrogen) atoms. The molecule has 0 spiro atoms. The fraction of sp³-hybridized carbons (Fsp3) is 0.394. The summed E-state index contributed by atoms with van der Waals surface area (Å²) in [5, 5.41) is 3.56. The van der Waals surface area contributed by atoms with Crippen molar-refractivity contribution in [3.8, 4) is 5.75 Å². The molecular weight excluding hydrogens is 586 g/mol. The fourth-order valence-corrected chi connectivity index (χ4v) is 6.87. The molecule has 0 aromatic heterocycles. The Morgan fingerprint density at radius 3 is 2.30 bits per heavy atom. The van der Waals surface area contributed by atoms with Crippen molar-refractivity contribution in [2.24, 2.45) is 0 Å². The highest BCUT2D eigenvalue weighted by atomic mass is 35.5. The average Bonchev–Trinajstić information content (AvgIpc) is 3.00. The molecule has 3 aromatic rings. The van der Waals surface area contributed by atoms with Gasteiger partial charge >= 0.3 is 0 Å². The third-order valence-corrected chi connectivity index (χ3v) is 9.88. The molecule has 0 heterocycles. The van der Waals surface area contributed by atoms with Crippen LogP contribution < -0.4 is 14.4 Å². The van der Waals surface area contributed by atoms with Gasteiger partial charge < -0.3 is 15.0 Å². The van der Waals surface area contributed by atoms with Crippen LogP contribution in [0.15, 0.2) is 77.7 Å². The second kappa shape index (κ2) is 14.8. The van der Waals surface area contributed by atoms with Crippen LogP contribution in [-0.4, -0.2) is 50.4 Å². The maximum atomic E-state index is 14.2. The molecule has 8 nitrogen and oxygen atoms in total. The molecule has 1 atom stereocenters. The summed E-state index contributed by atoms with van der Waals surface area (Å²) >= 11 is 6.47. The lowest BCUT2D eigenvalue weighted by Gasteiger charge is -2.33. The molecule has 0 aliphatic heterocycles. The summed E-state index contributed by atoms with van der Waals surface area (Å²) in [4.78, 5) is 29.2. The van der Waals surface area contributed by atoms with Crippen LogP contribution in [0.25, 0.3) is 0 Å². The van der Waals surface area contributed by atoms with Gasteiger partial charge in [-0.25, -0.2) is 8.42 Å². The Hall–Kier alpha value is -3.56. The van der Waals surface area contributed by atoms with E-state index in [1.165, 1.54) is 17.0 Å². The smallest absolute Gasteiger partial charge is 0.264 e. The fourth-order valence-electron chi connectivity index (χ4n) is 5.25. The number of para-hydroxylation sites is 2. The van der Waals surface area contributed by atoms with Crippen molar-refractivity contribution < 1.29 is 22.7 Å². The van der Waals surface area contributed by atoms with Crippen molar-refractivity contribution in [2.45, 2.75) is 76.4 Å². The zero-order valence-corrected chi connectivity index (χ0v) is 26.5. The molecule has 1 aliphatic rings. The molecule has 1 saturated carbocycles. The molecule has 2 amide bonds. The Morgan fingerprint density at radius 1 is 0.977 bits per heavy atom. The van der Waals surface area contributed by atoms with Crippen LogP contribution in [0, 0.1) is 6.92 Å². The predicted molar refractivity (Wildman–Crippen MR) is 170 cm³/mol. The Balaban J connectivity index is 1.72. The first-order valence-electron chi connectivity index (χ1n) is 14.8. The first kappa shape index (κ1) is 32.4. The molecule has 1 aliphatic carbocycles. The van der Waals surface area contributed by atoms with Gasteiger partial charge in [0.15, 0.2) is 0 Å². The Morgan fingerprint density at radius 2 is 1.63 bits per heavy atom. The average molecular weight is 626 g/mol. The molecule has 1 unspecified atom stereocenters. The molecular formula is C33H40ClN3O5S. The highest BCUT2D eigenvalue weighted by Crippen LogP contribution is 2.33. The summed E-state index contributed by atoms with van der Waals surface area (Å²) in [5.41, 5.74) is 1.78. The number of benzene rings is 3. The number of carbonyl (C=O) groups excluding carboxylic acids is 2. The van der Waals surface area contributed by atoms with Crippen molar-refractivity contribution in [3.05, 3.63) is 88.9 Å². The first-order chi connectivity index (χ1) is 20.6. The zero-order valence-electron chi connectivity index (χ0n) is 25.0. The SMILES string of the molecule is CCOc1ccccc1N(CC(=O)N(Cc1ccccc1Cl)C(C)C(=O)NC1CCCCC1)S(=O)(=O)c1ccc(C)cc1. The van der Waals surface area contributed by atoms with E-state index in [1.54, 1.807) is 68.4 Å². The molecule has 0 saturated heterocycles. The van der Waals surface area contributed by atoms with E-state index in [4.69, 9.17) is 16.3 Å². The minimum absolute atomic E-state index is 0.0310. The van der Waals surface area contributed by atoms with E-state index in [0.29, 0.717) is 22.9 Å². The summed E-state index contributed by atoms with van der Waals surface area (Å²) in [6.07, 6.45) is 5.04. The maximum absolute atomic E-state index is 14.2. The predicted octanol–water partition coefficient (Wildman–Crippen LogP) is 6.11. The lowest BCUT2D eigenvalue weighted by Crippen LogP contribution is -2.53. The van der Waals surface area contributed by atoms with E-state index in [2.05, 4.69) is 5.32 Å². The quantitative estimate of drug-likeness (QED) is 0.262. The number of rotatable bonds is 12. The number of halogens is 1. The highest BCUT2D eigenvalue weighted by Gasteiger charge is 2.34.